The Kier molecular flexibility index (Phi) is 3.81. The molecule has 17 heavy (non-hydrogen) atoms. The second kappa shape index (κ2) is 4.78. The normalized spacial score (nSPS) is 11.0. The van der Waals surface area contributed by atoms with Gasteiger partial charge in [-0.05, 0) is 43.5 Å². The number of terminal acetylenes is 1. The fraction of sp³-hybridized carbons (Fsp3) is 0.333. The van der Waals surface area contributed by atoms with Crippen molar-refractivity contribution in [2.75, 3.05) is 6.61 Å². The number of benzene rings is 1. The van der Waals surface area contributed by atoms with Gasteiger partial charge in [-0.1, -0.05) is 5.92 Å². The van der Waals surface area contributed by atoms with Crippen molar-refractivity contribution in [2.45, 2.75) is 25.7 Å². The fourth-order valence-electron chi connectivity index (χ4n) is 1.65. The zero-order valence-electron chi connectivity index (χ0n) is 10.1. The summed E-state index contributed by atoms with van der Waals surface area (Å²) < 4.78 is 28.2. The van der Waals surface area contributed by atoms with E-state index in [1.54, 1.807) is 20.8 Å². The highest BCUT2D eigenvalue weighted by atomic mass is 32.2. The van der Waals surface area contributed by atoms with Gasteiger partial charge < -0.3 is 4.74 Å². The maximum Gasteiger partial charge on any atom is 0.238 e. The average molecular weight is 253 g/mol. The SMILES string of the molecule is C#CCOc1c(C)cc(S(N)(=O)=O)c(C)c1C. The van der Waals surface area contributed by atoms with Gasteiger partial charge in [0.15, 0.2) is 0 Å². The van der Waals surface area contributed by atoms with Crippen LogP contribution in [0.2, 0.25) is 0 Å². The van der Waals surface area contributed by atoms with Crippen LogP contribution in [0.1, 0.15) is 16.7 Å². The summed E-state index contributed by atoms with van der Waals surface area (Å²) in [6.45, 7) is 5.38. The van der Waals surface area contributed by atoms with E-state index in [4.69, 9.17) is 16.3 Å². The molecule has 0 bridgehead atoms. The highest BCUT2D eigenvalue weighted by molar-refractivity contribution is 7.89. The van der Waals surface area contributed by atoms with Gasteiger partial charge in [0.25, 0.3) is 0 Å². The minimum absolute atomic E-state index is 0.126. The largest absolute Gasteiger partial charge is 0.480 e. The Morgan fingerprint density at radius 1 is 1.35 bits per heavy atom. The lowest BCUT2D eigenvalue weighted by Crippen LogP contribution is -2.15. The van der Waals surface area contributed by atoms with Gasteiger partial charge >= 0.3 is 0 Å². The van der Waals surface area contributed by atoms with Crippen molar-refractivity contribution in [3.63, 3.8) is 0 Å². The molecular formula is C12H15NO3S. The van der Waals surface area contributed by atoms with Crippen LogP contribution in [-0.2, 0) is 10.0 Å². The van der Waals surface area contributed by atoms with E-state index in [9.17, 15) is 8.42 Å². The van der Waals surface area contributed by atoms with Gasteiger partial charge in [-0.15, -0.1) is 6.42 Å². The summed E-state index contributed by atoms with van der Waals surface area (Å²) in [7, 11) is -3.71. The Morgan fingerprint density at radius 2 is 1.94 bits per heavy atom. The van der Waals surface area contributed by atoms with Crippen LogP contribution in [0.4, 0.5) is 0 Å². The molecule has 92 valence electrons. The molecule has 0 aliphatic heterocycles. The maximum absolute atomic E-state index is 11.4. The van der Waals surface area contributed by atoms with E-state index in [1.807, 2.05) is 0 Å². The van der Waals surface area contributed by atoms with Gasteiger partial charge in [0.2, 0.25) is 10.0 Å². The molecule has 4 nitrogen and oxygen atoms in total. The molecule has 0 spiro atoms. The molecule has 0 saturated heterocycles. The van der Waals surface area contributed by atoms with E-state index >= 15 is 0 Å². The summed E-state index contributed by atoms with van der Waals surface area (Å²) in [4.78, 5) is 0.126. The molecule has 1 aromatic rings. The van der Waals surface area contributed by atoms with Crippen LogP contribution >= 0.6 is 0 Å². The molecule has 0 saturated carbocycles. The van der Waals surface area contributed by atoms with Gasteiger partial charge in [0, 0.05) is 0 Å². The van der Waals surface area contributed by atoms with Crippen molar-refractivity contribution in [1.29, 1.82) is 0 Å². The van der Waals surface area contributed by atoms with Crippen molar-refractivity contribution in [2.24, 2.45) is 5.14 Å². The van der Waals surface area contributed by atoms with E-state index in [-0.39, 0.29) is 11.5 Å². The van der Waals surface area contributed by atoms with Crippen molar-refractivity contribution in [1.82, 2.24) is 0 Å². The third-order valence-electron chi connectivity index (χ3n) is 2.58. The van der Waals surface area contributed by atoms with E-state index in [1.165, 1.54) is 6.07 Å². The number of hydrogen-bond donors (Lipinski definition) is 1. The lowest BCUT2D eigenvalue weighted by atomic mass is 10.1. The first-order valence-electron chi connectivity index (χ1n) is 4.99. The Morgan fingerprint density at radius 3 is 2.41 bits per heavy atom. The Hall–Kier alpha value is -1.51. The molecular weight excluding hydrogens is 238 g/mol. The number of rotatable bonds is 3. The summed E-state index contributed by atoms with van der Waals surface area (Å²) in [5.41, 5.74) is 2.03. The lowest BCUT2D eigenvalue weighted by Gasteiger charge is -2.15. The summed E-state index contributed by atoms with van der Waals surface area (Å²) >= 11 is 0. The topological polar surface area (TPSA) is 69.4 Å². The van der Waals surface area contributed by atoms with Crippen LogP contribution in [0.25, 0.3) is 0 Å². The van der Waals surface area contributed by atoms with E-state index in [0.29, 0.717) is 16.9 Å². The summed E-state index contributed by atoms with van der Waals surface area (Å²) in [5.74, 6) is 2.99. The molecule has 0 aliphatic rings. The number of hydrogen-bond acceptors (Lipinski definition) is 3. The molecule has 0 heterocycles. The van der Waals surface area contributed by atoms with E-state index < -0.39 is 10.0 Å². The highest BCUT2D eigenvalue weighted by Crippen LogP contribution is 2.30. The first-order valence-corrected chi connectivity index (χ1v) is 6.53. The van der Waals surface area contributed by atoms with Crippen LogP contribution in [0.5, 0.6) is 5.75 Å². The summed E-state index contributed by atoms with van der Waals surface area (Å²) in [6.07, 6.45) is 5.12. The van der Waals surface area contributed by atoms with Crippen LogP contribution in [0.15, 0.2) is 11.0 Å². The third kappa shape index (κ3) is 2.78. The lowest BCUT2D eigenvalue weighted by molar-refractivity contribution is 0.364. The summed E-state index contributed by atoms with van der Waals surface area (Å²) in [5, 5.41) is 5.14. The second-order valence-corrected chi connectivity index (χ2v) is 5.34. The van der Waals surface area contributed by atoms with Gasteiger partial charge in [-0.2, -0.15) is 0 Å². The van der Waals surface area contributed by atoms with Crippen LogP contribution in [0, 0.1) is 33.1 Å². The molecule has 1 rings (SSSR count). The van der Waals surface area contributed by atoms with E-state index in [2.05, 4.69) is 5.92 Å². The molecule has 1 aromatic carbocycles. The molecule has 0 aliphatic carbocycles. The zero-order chi connectivity index (χ0) is 13.2. The maximum atomic E-state index is 11.4. The van der Waals surface area contributed by atoms with Crippen molar-refractivity contribution >= 4 is 10.0 Å². The molecule has 0 unspecified atom stereocenters. The van der Waals surface area contributed by atoms with E-state index in [0.717, 1.165) is 5.56 Å². The van der Waals surface area contributed by atoms with Gasteiger partial charge in [-0.3, -0.25) is 0 Å². The minimum Gasteiger partial charge on any atom is -0.480 e. The smallest absolute Gasteiger partial charge is 0.238 e. The van der Waals surface area contributed by atoms with Gasteiger partial charge in [0.1, 0.15) is 12.4 Å². The second-order valence-electron chi connectivity index (χ2n) is 3.81. The predicted octanol–water partition coefficient (Wildman–Crippen LogP) is 1.27. The van der Waals surface area contributed by atoms with Crippen molar-refractivity contribution < 1.29 is 13.2 Å². The molecule has 0 aromatic heterocycles. The summed E-state index contributed by atoms with van der Waals surface area (Å²) in [6, 6.07) is 1.50. The monoisotopic (exact) mass is 253 g/mol. The van der Waals surface area contributed by atoms with Crippen molar-refractivity contribution in [3.05, 3.63) is 22.8 Å². The molecule has 0 amide bonds. The van der Waals surface area contributed by atoms with Crippen molar-refractivity contribution in [3.8, 4) is 18.1 Å². The molecule has 0 radical (unpaired) electrons. The van der Waals surface area contributed by atoms with Crippen LogP contribution < -0.4 is 9.88 Å². The fourth-order valence-corrected chi connectivity index (χ4v) is 2.57. The Labute approximate surface area is 102 Å². The number of sulfonamides is 1. The minimum atomic E-state index is -3.71. The number of nitrogens with two attached hydrogens (primary N) is 1. The molecule has 2 N–H and O–H groups in total. The van der Waals surface area contributed by atoms with Crippen LogP contribution in [0.3, 0.4) is 0 Å². The average Bonchev–Trinajstić information content (AvgIpc) is 2.22. The first-order chi connectivity index (χ1) is 7.79. The number of aryl methyl sites for hydroxylation is 1. The van der Waals surface area contributed by atoms with Gasteiger partial charge in [-0.25, -0.2) is 13.6 Å². The number of ether oxygens (including phenoxy) is 1. The highest BCUT2D eigenvalue weighted by Gasteiger charge is 2.17. The number of primary sulfonamides is 1. The Balaban J connectivity index is 3.43. The van der Waals surface area contributed by atoms with Crippen LogP contribution in [-0.4, -0.2) is 15.0 Å². The zero-order valence-corrected chi connectivity index (χ0v) is 10.9. The third-order valence-corrected chi connectivity index (χ3v) is 3.62. The Bertz CT molecular complexity index is 583. The first kappa shape index (κ1) is 13.6. The molecule has 5 heteroatoms. The van der Waals surface area contributed by atoms with Gasteiger partial charge in [0.05, 0.1) is 4.90 Å². The standard InChI is InChI=1S/C12H15NO3S/c1-5-6-16-12-8(2)7-11(17(13,14)15)9(3)10(12)4/h1,7H,6H2,2-4H3,(H2,13,14,15). The molecule has 0 atom stereocenters. The molecule has 0 fully saturated rings. The predicted molar refractivity (Wildman–Crippen MR) is 66.4 cm³/mol. The quantitative estimate of drug-likeness (QED) is 0.825.